The second-order valence-electron chi connectivity index (χ2n) is 5.41. The van der Waals surface area contributed by atoms with Gasteiger partial charge >= 0.3 is 0 Å². The van der Waals surface area contributed by atoms with Gasteiger partial charge in [-0.05, 0) is 43.7 Å². The molecule has 0 unspecified atom stereocenters. The Kier molecular flexibility index (Phi) is 5.61. The minimum absolute atomic E-state index is 0.152. The number of nitriles is 1. The van der Waals surface area contributed by atoms with Crippen molar-refractivity contribution in [2.75, 3.05) is 11.1 Å². The van der Waals surface area contributed by atoms with Gasteiger partial charge in [-0.25, -0.2) is 4.98 Å². The first-order chi connectivity index (χ1) is 12.5. The number of hydrogen-bond donors (Lipinski definition) is 2. The number of carbonyl (C=O) groups is 1. The summed E-state index contributed by atoms with van der Waals surface area (Å²) in [7, 11) is 0. The number of thiophene rings is 1. The van der Waals surface area contributed by atoms with Gasteiger partial charge < -0.3 is 5.32 Å². The van der Waals surface area contributed by atoms with Crippen LogP contribution in [0.4, 0.5) is 5.00 Å². The Morgan fingerprint density at radius 1 is 1.38 bits per heavy atom. The summed E-state index contributed by atoms with van der Waals surface area (Å²) < 4.78 is 0. The predicted molar refractivity (Wildman–Crippen MR) is 105 cm³/mol. The van der Waals surface area contributed by atoms with Gasteiger partial charge in [-0.1, -0.05) is 23.4 Å². The number of rotatable bonds is 5. The maximum atomic E-state index is 12.2. The molecule has 2 aromatic heterocycles. The van der Waals surface area contributed by atoms with Crippen molar-refractivity contribution in [1.82, 2.24) is 15.2 Å². The molecule has 132 valence electrons. The molecule has 1 amide bonds. The summed E-state index contributed by atoms with van der Waals surface area (Å²) in [6.07, 6.45) is 0. The molecule has 0 radical (unpaired) electrons. The van der Waals surface area contributed by atoms with E-state index in [0.29, 0.717) is 26.6 Å². The van der Waals surface area contributed by atoms with Crippen LogP contribution >= 0.6 is 34.7 Å². The highest BCUT2D eigenvalue weighted by Crippen LogP contribution is 2.31. The number of anilines is 1. The van der Waals surface area contributed by atoms with Crippen molar-refractivity contribution in [2.24, 2.45) is 0 Å². The lowest BCUT2D eigenvalue weighted by Crippen LogP contribution is -2.14. The molecular formula is C17H14ClN5OS2. The number of thioether (sulfide) groups is 1. The zero-order valence-electron chi connectivity index (χ0n) is 14.0. The fraction of sp³-hybridized carbons (Fsp3) is 0.176. The maximum absolute atomic E-state index is 12.2. The van der Waals surface area contributed by atoms with Crippen LogP contribution in [0.5, 0.6) is 0 Å². The predicted octanol–water partition coefficient (Wildman–Crippen LogP) is 4.41. The van der Waals surface area contributed by atoms with Crippen LogP contribution in [-0.2, 0) is 4.79 Å². The lowest BCUT2D eigenvalue weighted by atomic mass is 10.2. The van der Waals surface area contributed by atoms with Gasteiger partial charge in [0.15, 0.2) is 5.82 Å². The molecule has 2 N–H and O–H groups in total. The number of aromatic amines is 1. The molecule has 0 saturated heterocycles. The molecule has 0 fully saturated rings. The summed E-state index contributed by atoms with van der Waals surface area (Å²) in [4.78, 5) is 17.6. The summed E-state index contributed by atoms with van der Waals surface area (Å²) >= 11 is 8.50. The van der Waals surface area contributed by atoms with Gasteiger partial charge in [0.25, 0.3) is 0 Å². The Labute approximate surface area is 163 Å². The van der Waals surface area contributed by atoms with Crippen molar-refractivity contribution < 1.29 is 4.79 Å². The molecule has 0 aliphatic heterocycles. The Morgan fingerprint density at radius 2 is 2.12 bits per heavy atom. The van der Waals surface area contributed by atoms with E-state index in [1.54, 1.807) is 12.1 Å². The molecule has 0 saturated carbocycles. The molecular weight excluding hydrogens is 390 g/mol. The summed E-state index contributed by atoms with van der Waals surface area (Å²) in [5, 5.41) is 20.7. The van der Waals surface area contributed by atoms with Gasteiger partial charge in [-0.2, -0.15) is 5.26 Å². The van der Waals surface area contributed by atoms with Crippen molar-refractivity contribution in [3.63, 3.8) is 0 Å². The molecule has 3 aromatic rings. The highest BCUT2D eigenvalue weighted by Gasteiger charge is 2.15. The van der Waals surface area contributed by atoms with Crippen LogP contribution in [0.2, 0.25) is 5.02 Å². The van der Waals surface area contributed by atoms with Gasteiger partial charge in [0, 0.05) is 15.5 Å². The fourth-order valence-electron chi connectivity index (χ4n) is 2.19. The number of aromatic nitrogens is 3. The summed E-state index contributed by atoms with van der Waals surface area (Å²) in [6, 6.07) is 9.37. The first-order valence-corrected chi connectivity index (χ1v) is 9.77. The van der Waals surface area contributed by atoms with Crippen molar-refractivity contribution in [3.8, 4) is 17.5 Å². The number of hydrogen-bond acceptors (Lipinski definition) is 6. The summed E-state index contributed by atoms with van der Waals surface area (Å²) in [5.41, 5.74) is 2.29. The second-order valence-corrected chi connectivity index (χ2v) is 8.01. The maximum Gasteiger partial charge on any atom is 0.235 e. The average Bonchev–Trinajstić information content (AvgIpc) is 3.19. The van der Waals surface area contributed by atoms with Crippen LogP contribution in [0.3, 0.4) is 0 Å². The van der Waals surface area contributed by atoms with Crippen LogP contribution in [0.25, 0.3) is 11.4 Å². The number of aryl methyl sites for hydroxylation is 1. The quantitative estimate of drug-likeness (QED) is 0.615. The summed E-state index contributed by atoms with van der Waals surface area (Å²) in [6.45, 7) is 3.80. The van der Waals surface area contributed by atoms with Crippen molar-refractivity contribution in [2.45, 2.75) is 19.0 Å². The molecule has 0 spiro atoms. The third kappa shape index (κ3) is 4.07. The number of amides is 1. The van der Waals surface area contributed by atoms with Crippen molar-refractivity contribution >= 4 is 45.6 Å². The van der Waals surface area contributed by atoms with Crippen LogP contribution < -0.4 is 5.32 Å². The molecule has 0 atom stereocenters. The number of benzene rings is 1. The lowest BCUT2D eigenvalue weighted by molar-refractivity contribution is -0.113. The van der Waals surface area contributed by atoms with E-state index in [1.165, 1.54) is 23.1 Å². The number of carbonyl (C=O) groups excluding carboxylic acids is 1. The highest BCUT2D eigenvalue weighted by molar-refractivity contribution is 7.99. The topological polar surface area (TPSA) is 94.5 Å². The Balaban J connectivity index is 1.61. The molecule has 9 heteroatoms. The molecule has 0 bridgehead atoms. The fourth-order valence-corrected chi connectivity index (χ4v) is 3.94. The summed E-state index contributed by atoms with van der Waals surface area (Å²) in [5.74, 6) is 0.560. The van der Waals surface area contributed by atoms with Crippen LogP contribution in [0.1, 0.15) is 16.0 Å². The van der Waals surface area contributed by atoms with E-state index >= 15 is 0 Å². The minimum Gasteiger partial charge on any atom is -0.316 e. The van der Waals surface area contributed by atoms with Gasteiger partial charge in [0.2, 0.25) is 11.1 Å². The molecule has 6 nitrogen and oxygen atoms in total. The van der Waals surface area contributed by atoms with Crippen LogP contribution in [-0.4, -0.2) is 26.8 Å². The first-order valence-electron chi connectivity index (χ1n) is 7.59. The smallest absolute Gasteiger partial charge is 0.235 e. The monoisotopic (exact) mass is 403 g/mol. The molecule has 26 heavy (non-hydrogen) atoms. The van der Waals surface area contributed by atoms with E-state index in [2.05, 4.69) is 26.6 Å². The van der Waals surface area contributed by atoms with E-state index in [9.17, 15) is 10.1 Å². The standard InChI is InChI=1S/C17H14ClN5OS2/c1-9-10(2)26-16(13(9)7-19)20-14(24)8-25-17-21-15(22-23-17)11-3-5-12(18)6-4-11/h3-6H,8H2,1-2H3,(H,20,24)(H,21,22,23). The zero-order chi connectivity index (χ0) is 18.7. The van der Waals surface area contributed by atoms with Crippen LogP contribution in [0, 0.1) is 25.2 Å². The molecule has 0 aliphatic carbocycles. The van der Waals surface area contributed by atoms with Crippen molar-refractivity contribution in [3.05, 3.63) is 45.3 Å². The lowest BCUT2D eigenvalue weighted by Gasteiger charge is -2.01. The van der Waals surface area contributed by atoms with Gasteiger partial charge in [0.05, 0.1) is 11.3 Å². The van der Waals surface area contributed by atoms with E-state index in [-0.39, 0.29) is 11.7 Å². The molecule has 3 rings (SSSR count). The van der Waals surface area contributed by atoms with E-state index < -0.39 is 0 Å². The van der Waals surface area contributed by atoms with E-state index in [4.69, 9.17) is 11.6 Å². The number of halogens is 1. The molecule has 2 heterocycles. The zero-order valence-corrected chi connectivity index (χ0v) is 16.3. The largest absolute Gasteiger partial charge is 0.316 e. The third-order valence-corrected chi connectivity index (χ3v) is 5.89. The van der Waals surface area contributed by atoms with Crippen LogP contribution in [0.15, 0.2) is 29.4 Å². The second kappa shape index (κ2) is 7.91. The van der Waals surface area contributed by atoms with E-state index in [1.807, 2.05) is 26.0 Å². The molecule has 1 aromatic carbocycles. The van der Waals surface area contributed by atoms with E-state index in [0.717, 1.165) is 16.0 Å². The third-order valence-electron chi connectivity index (χ3n) is 3.66. The average molecular weight is 404 g/mol. The molecule has 0 aliphatic rings. The van der Waals surface area contributed by atoms with Gasteiger partial charge in [0.1, 0.15) is 11.1 Å². The Hall–Kier alpha value is -2.34. The SMILES string of the molecule is Cc1sc(NC(=O)CSc2n[nH]c(-c3ccc(Cl)cc3)n2)c(C#N)c1C. The normalized spacial score (nSPS) is 10.5. The first kappa shape index (κ1) is 18.5. The van der Waals surface area contributed by atoms with Crippen molar-refractivity contribution in [1.29, 1.82) is 5.26 Å². The minimum atomic E-state index is -0.203. The highest BCUT2D eigenvalue weighted by atomic mass is 35.5. The Morgan fingerprint density at radius 3 is 2.81 bits per heavy atom. The number of nitrogens with zero attached hydrogens (tertiary/aromatic N) is 3. The van der Waals surface area contributed by atoms with Gasteiger partial charge in [-0.3, -0.25) is 9.89 Å². The van der Waals surface area contributed by atoms with Gasteiger partial charge in [-0.15, -0.1) is 16.4 Å². The number of nitrogens with one attached hydrogen (secondary N) is 2. The number of H-pyrrole nitrogens is 1. The Bertz CT molecular complexity index is 988.